The molecule has 0 bridgehead atoms. The molecule has 1 aliphatic rings. The highest BCUT2D eigenvalue weighted by Crippen LogP contribution is 2.25. The van der Waals surface area contributed by atoms with Gasteiger partial charge in [0.2, 0.25) is 5.91 Å². The van der Waals surface area contributed by atoms with Crippen molar-refractivity contribution in [3.63, 3.8) is 0 Å². The average Bonchev–Trinajstić information content (AvgIpc) is 2.75. The molecule has 18 heavy (non-hydrogen) atoms. The zero-order chi connectivity index (χ0) is 13.1. The normalized spacial score (nSPS) is 20.4. The highest BCUT2D eigenvalue weighted by molar-refractivity contribution is 5.76. The Bertz CT molecular complexity index is 413. The van der Waals surface area contributed by atoms with Gasteiger partial charge in [0, 0.05) is 32.5 Å². The van der Waals surface area contributed by atoms with Crippen LogP contribution in [0, 0.1) is 5.92 Å². The van der Waals surface area contributed by atoms with Gasteiger partial charge in [-0.1, -0.05) is 13.8 Å². The van der Waals surface area contributed by atoms with Gasteiger partial charge in [-0.15, -0.1) is 10.2 Å². The first-order chi connectivity index (χ1) is 8.58. The van der Waals surface area contributed by atoms with E-state index in [1.807, 2.05) is 16.5 Å². The quantitative estimate of drug-likeness (QED) is 0.818. The van der Waals surface area contributed by atoms with Crippen molar-refractivity contribution < 1.29 is 4.79 Å². The molecule has 0 aromatic carbocycles. The van der Waals surface area contributed by atoms with E-state index in [4.69, 9.17) is 0 Å². The number of aromatic nitrogens is 3. The van der Waals surface area contributed by atoms with Gasteiger partial charge in [0.15, 0.2) is 0 Å². The van der Waals surface area contributed by atoms with E-state index in [-0.39, 0.29) is 5.91 Å². The molecule has 1 aromatic heterocycles. The van der Waals surface area contributed by atoms with Crippen molar-refractivity contribution in [1.29, 1.82) is 0 Å². The first-order valence-corrected chi connectivity index (χ1v) is 6.69. The lowest BCUT2D eigenvalue weighted by Gasteiger charge is -2.32. The molecule has 2 rings (SSSR count). The van der Waals surface area contributed by atoms with E-state index in [0.717, 1.165) is 31.8 Å². The highest BCUT2D eigenvalue weighted by atomic mass is 16.2. The second kappa shape index (κ2) is 5.50. The minimum absolute atomic E-state index is 0.275. The fourth-order valence-corrected chi connectivity index (χ4v) is 2.55. The summed E-state index contributed by atoms with van der Waals surface area (Å²) in [5.41, 5.74) is 0. The summed E-state index contributed by atoms with van der Waals surface area (Å²) in [5.74, 6) is 2.03. The first kappa shape index (κ1) is 13.1. The molecule has 0 N–H and O–H groups in total. The smallest absolute Gasteiger partial charge is 0.222 e. The maximum atomic E-state index is 12.1. The van der Waals surface area contributed by atoms with Crippen LogP contribution in [0.3, 0.4) is 0 Å². The highest BCUT2D eigenvalue weighted by Gasteiger charge is 2.27. The summed E-state index contributed by atoms with van der Waals surface area (Å²) in [6.07, 6.45) is 4.52. The number of carbonyl (C=O) groups excluding carboxylic acids is 1. The van der Waals surface area contributed by atoms with Crippen molar-refractivity contribution in [3.8, 4) is 0 Å². The number of rotatable bonds is 3. The van der Waals surface area contributed by atoms with Crippen LogP contribution in [0.25, 0.3) is 0 Å². The van der Waals surface area contributed by atoms with Crippen molar-refractivity contribution in [1.82, 2.24) is 19.7 Å². The van der Waals surface area contributed by atoms with Gasteiger partial charge in [-0.3, -0.25) is 4.79 Å². The van der Waals surface area contributed by atoms with Crippen LogP contribution in [-0.2, 0) is 11.8 Å². The van der Waals surface area contributed by atoms with E-state index < -0.39 is 0 Å². The van der Waals surface area contributed by atoms with Crippen LogP contribution >= 0.6 is 0 Å². The van der Waals surface area contributed by atoms with Gasteiger partial charge in [0.05, 0.1) is 0 Å². The number of piperidine rings is 1. The summed E-state index contributed by atoms with van der Waals surface area (Å²) in [6, 6.07) is 0. The SMILES string of the molecule is CC(C)CC(=O)N1CCCC(c2nncn2C)C1. The summed E-state index contributed by atoms with van der Waals surface area (Å²) >= 11 is 0. The third-order valence-corrected chi connectivity index (χ3v) is 3.47. The summed E-state index contributed by atoms with van der Waals surface area (Å²) in [4.78, 5) is 14.1. The lowest BCUT2D eigenvalue weighted by molar-refractivity contribution is -0.133. The number of aryl methyl sites for hydroxylation is 1. The van der Waals surface area contributed by atoms with Gasteiger partial charge in [-0.2, -0.15) is 0 Å². The largest absolute Gasteiger partial charge is 0.342 e. The van der Waals surface area contributed by atoms with Crippen molar-refractivity contribution in [2.45, 2.75) is 39.0 Å². The molecule has 0 radical (unpaired) electrons. The second-order valence-corrected chi connectivity index (χ2v) is 5.58. The monoisotopic (exact) mass is 250 g/mol. The van der Waals surface area contributed by atoms with Crippen molar-refractivity contribution in [2.24, 2.45) is 13.0 Å². The van der Waals surface area contributed by atoms with Crippen LogP contribution in [0.1, 0.15) is 44.9 Å². The molecule has 5 heteroatoms. The first-order valence-electron chi connectivity index (χ1n) is 6.69. The molecule has 1 aliphatic heterocycles. The number of likely N-dealkylation sites (tertiary alicyclic amines) is 1. The third kappa shape index (κ3) is 2.89. The molecule has 1 amide bonds. The number of carbonyl (C=O) groups is 1. The molecule has 0 spiro atoms. The minimum Gasteiger partial charge on any atom is -0.342 e. The van der Waals surface area contributed by atoms with Gasteiger partial charge in [-0.25, -0.2) is 0 Å². The van der Waals surface area contributed by atoms with Gasteiger partial charge < -0.3 is 9.47 Å². The average molecular weight is 250 g/mol. The lowest BCUT2D eigenvalue weighted by Crippen LogP contribution is -2.40. The van der Waals surface area contributed by atoms with Crippen LogP contribution < -0.4 is 0 Å². The van der Waals surface area contributed by atoms with Gasteiger partial charge >= 0.3 is 0 Å². The third-order valence-electron chi connectivity index (χ3n) is 3.47. The Morgan fingerprint density at radius 1 is 1.56 bits per heavy atom. The molecular weight excluding hydrogens is 228 g/mol. The Morgan fingerprint density at radius 3 is 2.94 bits per heavy atom. The maximum Gasteiger partial charge on any atom is 0.222 e. The van der Waals surface area contributed by atoms with Crippen LogP contribution in [0.15, 0.2) is 6.33 Å². The van der Waals surface area contributed by atoms with Gasteiger partial charge in [-0.05, 0) is 18.8 Å². The van der Waals surface area contributed by atoms with Gasteiger partial charge in [0.25, 0.3) is 0 Å². The van der Waals surface area contributed by atoms with Crippen LogP contribution in [0.4, 0.5) is 0 Å². The van der Waals surface area contributed by atoms with Crippen molar-refractivity contribution in [3.05, 3.63) is 12.2 Å². The standard InChI is InChI=1S/C13H22N4O/c1-10(2)7-12(18)17-6-4-5-11(8-17)13-15-14-9-16(13)3/h9-11H,4-8H2,1-3H3. The Balaban J connectivity index is 2.01. The Morgan fingerprint density at radius 2 is 2.33 bits per heavy atom. The summed E-state index contributed by atoms with van der Waals surface area (Å²) in [7, 11) is 1.96. The molecule has 1 unspecified atom stereocenters. The molecule has 5 nitrogen and oxygen atoms in total. The number of hydrogen-bond acceptors (Lipinski definition) is 3. The van der Waals surface area contributed by atoms with Crippen LogP contribution in [0.5, 0.6) is 0 Å². The van der Waals surface area contributed by atoms with Crippen molar-refractivity contribution >= 4 is 5.91 Å². The summed E-state index contributed by atoms with van der Waals surface area (Å²) < 4.78 is 1.96. The molecule has 1 atom stereocenters. The predicted molar refractivity (Wildman–Crippen MR) is 69.0 cm³/mol. The molecule has 0 saturated carbocycles. The van der Waals surface area contributed by atoms with Crippen LogP contribution in [0.2, 0.25) is 0 Å². The lowest BCUT2D eigenvalue weighted by atomic mass is 9.96. The fourth-order valence-electron chi connectivity index (χ4n) is 2.55. The molecular formula is C13H22N4O. The number of amides is 1. The van der Waals surface area contributed by atoms with E-state index in [0.29, 0.717) is 18.3 Å². The van der Waals surface area contributed by atoms with E-state index >= 15 is 0 Å². The fraction of sp³-hybridized carbons (Fsp3) is 0.769. The second-order valence-electron chi connectivity index (χ2n) is 5.58. The zero-order valence-corrected chi connectivity index (χ0v) is 11.5. The molecule has 100 valence electrons. The number of hydrogen-bond donors (Lipinski definition) is 0. The van der Waals surface area contributed by atoms with E-state index in [2.05, 4.69) is 24.0 Å². The predicted octanol–water partition coefficient (Wildman–Crippen LogP) is 1.57. The molecule has 1 aromatic rings. The van der Waals surface area contributed by atoms with Crippen molar-refractivity contribution in [2.75, 3.05) is 13.1 Å². The summed E-state index contributed by atoms with van der Waals surface area (Å²) in [6.45, 7) is 5.85. The summed E-state index contributed by atoms with van der Waals surface area (Å²) in [5, 5.41) is 8.09. The van der Waals surface area contributed by atoms with E-state index in [1.165, 1.54) is 0 Å². The number of nitrogens with zero attached hydrogens (tertiary/aromatic N) is 4. The maximum absolute atomic E-state index is 12.1. The molecule has 0 aliphatic carbocycles. The molecule has 1 saturated heterocycles. The van der Waals surface area contributed by atoms with Crippen LogP contribution in [-0.4, -0.2) is 38.7 Å². The van der Waals surface area contributed by atoms with E-state index in [1.54, 1.807) is 6.33 Å². The Kier molecular flexibility index (Phi) is 3.99. The Labute approximate surface area is 108 Å². The zero-order valence-electron chi connectivity index (χ0n) is 11.5. The van der Waals surface area contributed by atoms with E-state index in [9.17, 15) is 4.79 Å². The van der Waals surface area contributed by atoms with Gasteiger partial charge in [0.1, 0.15) is 12.2 Å². The minimum atomic E-state index is 0.275. The Hall–Kier alpha value is -1.39. The molecule has 1 fully saturated rings. The molecule has 2 heterocycles. The topological polar surface area (TPSA) is 51.0 Å².